The summed E-state index contributed by atoms with van der Waals surface area (Å²) in [6.07, 6.45) is 0. The molecule has 0 fully saturated rings. The van der Waals surface area contributed by atoms with Gasteiger partial charge in [0.2, 0.25) is 0 Å². The van der Waals surface area contributed by atoms with Gasteiger partial charge < -0.3 is 10.2 Å². The molecule has 1 aliphatic rings. The zero-order chi connectivity index (χ0) is 28.9. The summed E-state index contributed by atoms with van der Waals surface area (Å²) in [6.45, 7) is 5.01. The number of hydrogen-bond donors (Lipinski definition) is 1. The molecule has 1 heterocycles. The quantitative estimate of drug-likeness (QED) is 0.221. The van der Waals surface area contributed by atoms with E-state index < -0.39 is 11.8 Å². The van der Waals surface area contributed by atoms with Crippen LogP contribution in [0.1, 0.15) is 46.8 Å². The van der Waals surface area contributed by atoms with E-state index in [4.69, 9.17) is 11.6 Å². The predicted octanol–water partition coefficient (Wildman–Crippen LogP) is 7.09. The molecule has 0 atom stereocenters. The largest absolute Gasteiger partial charge is 0.350 e. The lowest BCUT2D eigenvalue weighted by molar-refractivity contribution is -0.120. The molecule has 1 N–H and O–H groups in total. The van der Waals surface area contributed by atoms with Gasteiger partial charge in [-0.25, -0.2) is 4.90 Å². The van der Waals surface area contributed by atoms with E-state index in [0.717, 1.165) is 21.6 Å². The zero-order valence-electron chi connectivity index (χ0n) is 22.9. The van der Waals surface area contributed by atoms with Crippen molar-refractivity contribution in [1.82, 2.24) is 4.90 Å². The molecule has 0 aromatic heterocycles. The van der Waals surface area contributed by atoms with Crippen LogP contribution in [0, 0.1) is 0 Å². The first-order valence-electron chi connectivity index (χ1n) is 13.4. The fourth-order valence-corrected chi connectivity index (χ4v) is 4.93. The molecule has 0 saturated carbocycles. The van der Waals surface area contributed by atoms with Crippen LogP contribution >= 0.6 is 11.6 Å². The van der Waals surface area contributed by atoms with E-state index in [-0.39, 0.29) is 16.6 Å². The maximum absolute atomic E-state index is 13.8. The second-order valence-corrected chi connectivity index (χ2v) is 10.6. The summed E-state index contributed by atoms with van der Waals surface area (Å²) in [7, 11) is 0. The van der Waals surface area contributed by atoms with Crippen LogP contribution in [0.5, 0.6) is 0 Å². The number of carbonyl (C=O) groups is 3. The third-order valence-corrected chi connectivity index (χ3v) is 7.29. The third kappa shape index (κ3) is 6.23. The van der Waals surface area contributed by atoms with Gasteiger partial charge in [-0.2, -0.15) is 0 Å². The normalized spacial score (nSPS) is 13.2. The monoisotopic (exact) mass is 563 g/mol. The first-order chi connectivity index (χ1) is 19.8. The molecule has 0 aliphatic carbocycles. The second-order valence-electron chi connectivity index (χ2n) is 10.2. The van der Waals surface area contributed by atoms with E-state index in [1.807, 2.05) is 72.8 Å². The van der Waals surface area contributed by atoms with Crippen LogP contribution in [0.25, 0.3) is 0 Å². The number of anilines is 2. The highest BCUT2D eigenvalue weighted by Crippen LogP contribution is 2.31. The number of imide groups is 1. The van der Waals surface area contributed by atoms with Gasteiger partial charge in [0, 0.05) is 24.3 Å². The van der Waals surface area contributed by atoms with Crippen LogP contribution in [-0.2, 0) is 22.7 Å². The molecule has 4 aromatic carbocycles. The molecule has 41 heavy (non-hydrogen) atoms. The molecule has 0 bridgehead atoms. The van der Waals surface area contributed by atoms with Crippen molar-refractivity contribution in [2.45, 2.75) is 32.9 Å². The van der Waals surface area contributed by atoms with E-state index in [0.29, 0.717) is 35.9 Å². The third-order valence-electron chi connectivity index (χ3n) is 6.94. The molecule has 5 rings (SSSR count). The molecular weight excluding hydrogens is 534 g/mol. The summed E-state index contributed by atoms with van der Waals surface area (Å²) in [5.41, 5.74) is 4.46. The summed E-state index contributed by atoms with van der Waals surface area (Å²) >= 11 is 6.36. The highest BCUT2D eigenvalue weighted by atomic mass is 35.5. The van der Waals surface area contributed by atoms with E-state index in [2.05, 4.69) is 19.2 Å². The number of halogens is 1. The summed E-state index contributed by atoms with van der Waals surface area (Å²) in [5, 5.41) is 2.80. The Morgan fingerprint density at radius 1 is 0.780 bits per heavy atom. The molecule has 0 spiro atoms. The lowest BCUT2D eigenvalue weighted by Gasteiger charge is -2.23. The van der Waals surface area contributed by atoms with Gasteiger partial charge in [-0.05, 0) is 52.9 Å². The maximum Gasteiger partial charge on any atom is 0.283 e. The molecule has 6 nitrogen and oxygen atoms in total. The molecule has 3 amide bonds. The van der Waals surface area contributed by atoms with Gasteiger partial charge in [0.05, 0.1) is 5.69 Å². The van der Waals surface area contributed by atoms with Crippen LogP contribution < -0.4 is 10.2 Å². The average molecular weight is 564 g/mol. The van der Waals surface area contributed by atoms with Crippen LogP contribution in [0.2, 0.25) is 0 Å². The minimum absolute atomic E-state index is 0.0281. The minimum atomic E-state index is -0.597. The topological polar surface area (TPSA) is 69.7 Å². The number of carbonyl (C=O) groups excluding carboxylic acids is 3. The Labute approximate surface area is 244 Å². The van der Waals surface area contributed by atoms with Gasteiger partial charge >= 0.3 is 0 Å². The molecule has 4 aromatic rings. The van der Waals surface area contributed by atoms with Crippen molar-refractivity contribution in [2.24, 2.45) is 0 Å². The lowest BCUT2D eigenvalue weighted by Crippen LogP contribution is -2.32. The first-order valence-corrected chi connectivity index (χ1v) is 13.8. The fraction of sp³-hybridized carbons (Fsp3) is 0.147. The predicted molar refractivity (Wildman–Crippen MR) is 162 cm³/mol. The Morgan fingerprint density at radius 3 is 1.93 bits per heavy atom. The Kier molecular flexibility index (Phi) is 8.31. The van der Waals surface area contributed by atoms with Crippen molar-refractivity contribution in [1.29, 1.82) is 0 Å². The van der Waals surface area contributed by atoms with Crippen molar-refractivity contribution in [3.63, 3.8) is 0 Å². The van der Waals surface area contributed by atoms with Crippen LogP contribution in [0.3, 0.4) is 0 Å². The Hall–Kier alpha value is -4.68. The smallest absolute Gasteiger partial charge is 0.283 e. The fourth-order valence-electron chi connectivity index (χ4n) is 4.72. The van der Waals surface area contributed by atoms with Crippen molar-refractivity contribution in [2.75, 3.05) is 10.2 Å². The van der Waals surface area contributed by atoms with Gasteiger partial charge in [-0.1, -0.05) is 104 Å². The van der Waals surface area contributed by atoms with E-state index in [1.54, 1.807) is 41.3 Å². The summed E-state index contributed by atoms with van der Waals surface area (Å²) in [6, 6.07) is 33.8. The van der Waals surface area contributed by atoms with Gasteiger partial charge in [0.1, 0.15) is 10.7 Å². The lowest BCUT2D eigenvalue weighted by atomic mass is 10.0. The molecule has 0 saturated heterocycles. The van der Waals surface area contributed by atoms with Crippen LogP contribution in [0.15, 0.2) is 120 Å². The summed E-state index contributed by atoms with van der Waals surface area (Å²) in [4.78, 5) is 42.9. The Bertz CT molecular complexity index is 1560. The Balaban J connectivity index is 1.37. The number of nitrogens with one attached hydrogen (secondary N) is 1. The number of amides is 3. The van der Waals surface area contributed by atoms with Gasteiger partial charge in [0.25, 0.3) is 17.7 Å². The zero-order valence-corrected chi connectivity index (χ0v) is 23.6. The van der Waals surface area contributed by atoms with Crippen molar-refractivity contribution in [3.8, 4) is 0 Å². The standard InChI is InChI=1S/C34H30ClN3O3/c1-23(2)26-16-18-29(19-17-26)38-33(40)30(35)31(34(38)41)36-28-15-9-14-27(20-28)32(39)37(21-24-10-5-3-6-11-24)22-25-12-7-4-8-13-25/h3-20,23,36H,21-22H2,1-2H3. The van der Waals surface area contributed by atoms with Gasteiger partial charge in [0.15, 0.2) is 0 Å². The molecule has 7 heteroatoms. The SMILES string of the molecule is CC(C)c1ccc(N2C(=O)C(Cl)=C(Nc3cccc(C(=O)N(Cc4ccccc4)Cc4ccccc4)c3)C2=O)cc1. The molecule has 0 unspecified atom stereocenters. The highest BCUT2D eigenvalue weighted by molar-refractivity contribution is 6.53. The first kappa shape index (κ1) is 27.9. The average Bonchev–Trinajstić information content (AvgIpc) is 3.20. The number of rotatable bonds is 9. The molecular formula is C34H30ClN3O3. The molecule has 1 aliphatic heterocycles. The maximum atomic E-state index is 13.8. The van der Waals surface area contributed by atoms with Crippen LogP contribution in [0.4, 0.5) is 11.4 Å². The highest BCUT2D eigenvalue weighted by Gasteiger charge is 2.39. The Morgan fingerprint density at radius 2 is 1.37 bits per heavy atom. The van der Waals surface area contributed by atoms with Crippen molar-refractivity contribution < 1.29 is 14.4 Å². The van der Waals surface area contributed by atoms with Crippen LogP contribution in [-0.4, -0.2) is 22.6 Å². The second kappa shape index (κ2) is 12.2. The summed E-state index contributed by atoms with van der Waals surface area (Å²) < 4.78 is 0. The molecule has 0 radical (unpaired) electrons. The summed E-state index contributed by atoms with van der Waals surface area (Å²) in [5.74, 6) is -0.995. The van der Waals surface area contributed by atoms with Crippen molar-refractivity contribution in [3.05, 3.63) is 142 Å². The van der Waals surface area contributed by atoms with Crippen molar-refractivity contribution >= 4 is 40.7 Å². The molecule has 206 valence electrons. The number of nitrogens with zero attached hydrogens (tertiary/aromatic N) is 2. The minimum Gasteiger partial charge on any atom is -0.350 e. The van der Waals surface area contributed by atoms with Gasteiger partial charge in [-0.3, -0.25) is 14.4 Å². The van der Waals surface area contributed by atoms with E-state index in [1.165, 1.54) is 0 Å². The van der Waals surface area contributed by atoms with E-state index in [9.17, 15) is 14.4 Å². The van der Waals surface area contributed by atoms with Gasteiger partial charge in [-0.15, -0.1) is 0 Å². The van der Waals surface area contributed by atoms with E-state index >= 15 is 0 Å². The number of benzene rings is 4. The number of hydrogen-bond acceptors (Lipinski definition) is 4.